The number of alkyl halides is 6. The zero-order valence-corrected chi connectivity index (χ0v) is 33.7. The summed E-state index contributed by atoms with van der Waals surface area (Å²) in [5.74, 6) is -2.18. The van der Waals surface area contributed by atoms with Gasteiger partial charge in [-0.3, -0.25) is 19.8 Å². The van der Waals surface area contributed by atoms with Crippen molar-refractivity contribution in [2.24, 2.45) is 0 Å². The molecule has 5 saturated heterocycles. The van der Waals surface area contributed by atoms with Gasteiger partial charge in [-0.2, -0.15) is 26.3 Å². The van der Waals surface area contributed by atoms with Crippen LogP contribution in [0.5, 0.6) is 0 Å². The second-order valence-electron chi connectivity index (χ2n) is 15.9. The SMILES string of the molecule is O=C(O)C1N2CCN(CC2)N1C(=O)NC(=O)C1(c2ccccc2)CCN(CCCC2(c3ccc(Cl)c(Cl)c3)CC(=O)N(Cc3cc(C(F)(F)F)cc(C(F)(F)F)c3)C2)CC1. The number of aliphatic carboxylic acids is 1. The van der Waals surface area contributed by atoms with E-state index in [9.17, 15) is 50.6 Å². The topological polar surface area (TPSA) is 117 Å². The summed E-state index contributed by atoms with van der Waals surface area (Å²) >= 11 is 12.6. The van der Waals surface area contributed by atoms with Crippen molar-refractivity contribution in [2.45, 2.75) is 68.0 Å². The van der Waals surface area contributed by atoms with Gasteiger partial charge < -0.3 is 14.9 Å². The van der Waals surface area contributed by atoms with Crippen molar-refractivity contribution < 1.29 is 50.6 Å². The van der Waals surface area contributed by atoms with E-state index in [0.29, 0.717) is 94.8 Å². The third kappa shape index (κ3) is 8.82. The molecule has 2 unspecified atom stereocenters. The van der Waals surface area contributed by atoms with Gasteiger partial charge in [0.25, 0.3) is 0 Å². The highest BCUT2D eigenvalue weighted by molar-refractivity contribution is 6.42. The number of carboxylic acids is 1. The lowest BCUT2D eigenvalue weighted by atomic mass is 9.71. The Morgan fingerprint density at radius 1 is 0.800 bits per heavy atom. The first-order valence-electron chi connectivity index (χ1n) is 19.5. The molecule has 0 spiro atoms. The monoisotopic (exact) mass is 882 g/mol. The van der Waals surface area contributed by atoms with Crippen molar-refractivity contribution in [3.8, 4) is 0 Å². The minimum atomic E-state index is -5.04. The van der Waals surface area contributed by atoms with Crippen LogP contribution in [0.15, 0.2) is 66.7 Å². The summed E-state index contributed by atoms with van der Waals surface area (Å²) in [6.45, 7) is 2.79. The Kier molecular flexibility index (Phi) is 12.2. The van der Waals surface area contributed by atoms with Crippen LogP contribution in [-0.4, -0.2) is 112 Å². The Morgan fingerprint density at radius 2 is 1.43 bits per heavy atom. The van der Waals surface area contributed by atoms with E-state index in [4.69, 9.17) is 23.2 Å². The van der Waals surface area contributed by atoms with E-state index in [2.05, 4.69) is 10.2 Å². The summed E-state index contributed by atoms with van der Waals surface area (Å²) in [6, 6.07) is 14.5. The van der Waals surface area contributed by atoms with Crippen LogP contribution in [0.1, 0.15) is 59.9 Å². The molecule has 0 radical (unpaired) electrons. The van der Waals surface area contributed by atoms with E-state index >= 15 is 0 Å². The molecule has 3 aromatic carbocycles. The predicted octanol–water partition coefficient (Wildman–Crippen LogP) is 7.01. The van der Waals surface area contributed by atoms with E-state index in [1.807, 2.05) is 18.2 Å². The summed E-state index contributed by atoms with van der Waals surface area (Å²) in [7, 11) is 0. The largest absolute Gasteiger partial charge is 0.479 e. The maximum atomic E-state index is 14.2. The van der Waals surface area contributed by atoms with Crippen molar-refractivity contribution >= 4 is 47.0 Å². The van der Waals surface area contributed by atoms with E-state index in [1.54, 1.807) is 40.2 Å². The number of hydrogen-bond acceptors (Lipinski definition) is 7. The first-order chi connectivity index (χ1) is 28.3. The van der Waals surface area contributed by atoms with E-state index in [-0.39, 0.29) is 34.6 Å². The average molecular weight is 884 g/mol. The lowest BCUT2D eigenvalue weighted by Gasteiger charge is -2.52. The first-order valence-corrected chi connectivity index (χ1v) is 20.2. The molecule has 8 rings (SSSR count). The maximum Gasteiger partial charge on any atom is 0.416 e. The van der Waals surface area contributed by atoms with Crippen LogP contribution in [0.3, 0.4) is 0 Å². The number of piperazine rings is 1. The fourth-order valence-corrected chi connectivity index (χ4v) is 9.47. The molecule has 5 aliphatic heterocycles. The second kappa shape index (κ2) is 16.8. The van der Waals surface area contributed by atoms with E-state index in [0.717, 1.165) is 5.01 Å². The lowest BCUT2D eigenvalue weighted by Crippen LogP contribution is -2.74. The molecule has 0 aromatic heterocycles. The average Bonchev–Trinajstić information content (AvgIpc) is 3.53. The molecule has 5 fully saturated rings. The van der Waals surface area contributed by atoms with Gasteiger partial charge in [0.15, 0.2) is 0 Å². The molecule has 322 valence electrons. The summed E-state index contributed by atoms with van der Waals surface area (Å²) in [4.78, 5) is 58.7. The molecule has 19 heteroatoms. The molecule has 0 aliphatic carbocycles. The van der Waals surface area contributed by atoms with Gasteiger partial charge in [-0.05, 0) is 92.3 Å². The molecule has 0 saturated carbocycles. The number of amides is 4. The van der Waals surface area contributed by atoms with Gasteiger partial charge in [0.1, 0.15) is 0 Å². The van der Waals surface area contributed by atoms with Gasteiger partial charge in [-0.15, -0.1) is 0 Å². The molecule has 3 aromatic rings. The number of rotatable bonds is 10. The minimum absolute atomic E-state index is 0.00164. The number of fused-ring (bicyclic) bond motifs is 3. The fourth-order valence-electron chi connectivity index (χ4n) is 9.18. The van der Waals surface area contributed by atoms with Crippen molar-refractivity contribution in [3.63, 3.8) is 0 Å². The zero-order chi connectivity index (χ0) is 43.2. The standard InChI is InChI=1S/C41H42Cl2F6N6O5/c42-31-8-7-28(22-32(31)43)38(23-33(56)53(25-38)24-26-19-29(40(44,45)46)21-30(20-26)41(47,48)49)9-4-12-51-13-10-39(11-14-51,27-5-2-1-3-6-27)36(59)50-37(60)55-34(35(57)58)52-15-17-54(55)18-16-52/h1-3,5-8,19-22,34H,4,9-18,23-25H2,(H,57,58)(H,50,59,60). The number of carbonyl (C=O) groups is 4. The molecule has 4 amide bonds. The first kappa shape index (κ1) is 43.7. The molecule has 2 N–H and O–H groups in total. The summed E-state index contributed by atoms with van der Waals surface area (Å²) in [6.07, 6.45) is -9.81. The van der Waals surface area contributed by atoms with Crippen LogP contribution < -0.4 is 5.32 Å². The Bertz CT molecular complexity index is 2100. The number of carboxylic acid groups (broad SMARTS) is 1. The van der Waals surface area contributed by atoms with Gasteiger partial charge >= 0.3 is 24.4 Å². The van der Waals surface area contributed by atoms with Gasteiger partial charge in [0.2, 0.25) is 18.0 Å². The van der Waals surface area contributed by atoms with E-state index in [1.165, 1.54) is 4.90 Å². The minimum Gasteiger partial charge on any atom is -0.479 e. The van der Waals surface area contributed by atoms with Gasteiger partial charge in [0, 0.05) is 51.1 Å². The number of hydrogen-bond donors (Lipinski definition) is 2. The van der Waals surface area contributed by atoms with Crippen molar-refractivity contribution in [1.29, 1.82) is 0 Å². The van der Waals surface area contributed by atoms with Crippen molar-refractivity contribution in [3.05, 3.63) is 105 Å². The highest BCUT2D eigenvalue weighted by atomic mass is 35.5. The Labute approximate surface area is 351 Å². The van der Waals surface area contributed by atoms with Gasteiger partial charge in [-0.25, -0.2) is 19.6 Å². The number of benzene rings is 3. The molecule has 11 nitrogen and oxygen atoms in total. The van der Waals surface area contributed by atoms with Crippen molar-refractivity contribution in [2.75, 3.05) is 52.4 Å². The molecular weight excluding hydrogens is 841 g/mol. The zero-order valence-electron chi connectivity index (χ0n) is 32.2. The maximum absolute atomic E-state index is 14.2. The second-order valence-corrected chi connectivity index (χ2v) is 16.8. The number of carbonyl (C=O) groups excluding carboxylic acids is 3. The highest BCUT2D eigenvalue weighted by Gasteiger charge is 2.50. The summed E-state index contributed by atoms with van der Waals surface area (Å²) in [5, 5.41) is 15.7. The molecule has 5 heterocycles. The third-order valence-corrected chi connectivity index (χ3v) is 13.1. The quantitative estimate of drug-likeness (QED) is 0.209. The number of likely N-dealkylation sites (tertiary alicyclic amines) is 2. The van der Waals surface area contributed by atoms with Crippen LogP contribution in [0.4, 0.5) is 31.1 Å². The number of hydrazine groups is 1. The van der Waals surface area contributed by atoms with Crippen LogP contribution in [0.2, 0.25) is 10.0 Å². The molecule has 60 heavy (non-hydrogen) atoms. The lowest BCUT2D eigenvalue weighted by molar-refractivity contribution is -0.190. The van der Waals surface area contributed by atoms with Crippen LogP contribution in [-0.2, 0) is 44.1 Å². The molecule has 5 aliphatic rings. The number of imide groups is 1. The van der Waals surface area contributed by atoms with Crippen molar-refractivity contribution in [1.82, 2.24) is 30.0 Å². The fraction of sp³-hybridized carbons (Fsp3) is 0.463. The van der Waals surface area contributed by atoms with Gasteiger partial charge in [-0.1, -0.05) is 59.6 Å². The van der Waals surface area contributed by atoms with Gasteiger partial charge in [0.05, 0.1) is 26.6 Å². The summed E-state index contributed by atoms with van der Waals surface area (Å²) in [5.41, 5.74) is -3.89. The third-order valence-electron chi connectivity index (χ3n) is 12.3. The summed E-state index contributed by atoms with van der Waals surface area (Å²) < 4.78 is 81.9. The Balaban J connectivity index is 1.06. The number of halogens is 8. The normalized spacial score (nSPS) is 24.5. The number of nitrogens with one attached hydrogen (secondary N) is 1. The molecule has 2 atom stereocenters. The van der Waals surface area contributed by atoms with Crippen LogP contribution in [0.25, 0.3) is 0 Å². The number of piperidine rings is 1. The molecular formula is C41H42Cl2F6N6O5. The predicted molar refractivity (Wildman–Crippen MR) is 208 cm³/mol. The Morgan fingerprint density at radius 3 is 2.02 bits per heavy atom. The van der Waals surface area contributed by atoms with Crippen LogP contribution >= 0.6 is 23.2 Å². The number of nitrogens with zero attached hydrogens (tertiary/aromatic N) is 5. The smallest absolute Gasteiger partial charge is 0.416 e. The Hall–Kier alpha value is -4.42. The number of urea groups is 1. The van der Waals surface area contributed by atoms with Crippen LogP contribution in [0, 0.1) is 0 Å². The highest BCUT2D eigenvalue weighted by Crippen LogP contribution is 2.44. The van der Waals surface area contributed by atoms with E-state index < -0.39 is 70.8 Å². The molecule has 2 bridgehead atoms.